The number of carbonyl (C=O) groups excluding carboxylic acids is 2. The zero-order chi connectivity index (χ0) is 16.2. The first-order valence-electron chi connectivity index (χ1n) is 7.41. The number of hydrogen-bond acceptors (Lipinski definition) is 4. The number of para-hydroxylation sites is 1. The number of amides is 2. The van der Waals surface area contributed by atoms with Crippen molar-refractivity contribution in [2.24, 2.45) is 0 Å². The lowest BCUT2D eigenvalue weighted by Gasteiger charge is -2.09. The molecule has 0 atom stereocenters. The van der Waals surface area contributed by atoms with Gasteiger partial charge in [-0.25, -0.2) is 0 Å². The van der Waals surface area contributed by atoms with Gasteiger partial charge in [0.2, 0.25) is 5.91 Å². The molecular formula is C16H24N2O4. The molecule has 0 fully saturated rings. The number of hydrogen-bond donors (Lipinski definition) is 2. The van der Waals surface area contributed by atoms with Gasteiger partial charge in [-0.2, -0.15) is 0 Å². The van der Waals surface area contributed by atoms with Gasteiger partial charge in [0.25, 0.3) is 5.91 Å². The molecule has 6 nitrogen and oxygen atoms in total. The highest BCUT2D eigenvalue weighted by Gasteiger charge is 2.06. The monoisotopic (exact) mass is 308 g/mol. The predicted molar refractivity (Wildman–Crippen MR) is 83.7 cm³/mol. The Balaban J connectivity index is 2.04. The lowest BCUT2D eigenvalue weighted by Crippen LogP contribution is -2.39. The average molecular weight is 308 g/mol. The highest BCUT2D eigenvalue weighted by molar-refractivity contribution is 5.85. The summed E-state index contributed by atoms with van der Waals surface area (Å²) in [5, 5.41) is 5.22. The smallest absolute Gasteiger partial charge is 0.258 e. The van der Waals surface area contributed by atoms with Gasteiger partial charge in [0.15, 0.2) is 6.61 Å². The van der Waals surface area contributed by atoms with E-state index in [0.29, 0.717) is 18.9 Å². The number of carbonyl (C=O) groups is 2. The van der Waals surface area contributed by atoms with E-state index in [-0.39, 0.29) is 31.1 Å². The minimum atomic E-state index is -0.331. The molecule has 0 aliphatic rings. The molecule has 1 aromatic carbocycles. The fourth-order valence-corrected chi connectivity index (χ4v) is 1.58. The Morgan fingerprint density at radius 3 is 2.50 bits per heavy atom. The van der Waals surface area contributed by atoms with Crippen molar-refractivity contribution < 1.29 is 19.1 Å². The Bertz CT molecular complexity index is 449. The summed E-state index contributed by atoms with van der Waals surface area (Å²) in [6.07, 6.45) is 0.939. The molecule has 0 saturated carbocycles. The van der Waals surface area contributed by atoms with E-state index < -0.39 is 0 Å². The average Bonchev–Trinajstić information content (AvgIpc) is 2.51. The van der Waals surface area contributed by atoms with Gasteiger partial charge in [0, 0.05) is 13.2 Å². The number of ether oxygens (including phenoxy) is 2. The summed E-state index contributed by atoms with van der Waals surface area (Å²) >= 11 is 0. The van der Waals surface area contributed by atoms with Crippen molar-refractivity contribution in [1.82, 2.24) is 10.6 Å². The van der Waals surface area contributed by atoms with Crippen LogP contribution in [0.5, 0.6) is 5.75 Å². The van der Waals surface area contributed by atoms with Gasteiger partial charge in [-0.3, -0.25) is 9.59 Å². The van der Waals surface area contributed by atoms with Gasteiger partial charge in [-0.15, -0.1) is 0 Å². The molecule has 0 aliphatic heterocycles. The first-order chi connectivity index (χ1) is 10.6. The van der Waals surface area contributed by atoms with Crippen molar-refractivity contribution in [3.8, 4) is 5.75 Å². The van der Waals surface area contributed by atoms with E-state index >= 15 is 0 Å². The van der Waals surface area contributed by atoms with Crippen molar-refractivity contribution in [2.45, 2.75) is 26.4 Å². The van der Waals surface area contributed by atoms with Crippen LogP contribution in [0.2, 0.25) is 0 Å². The first-order valence-corrected chi connectivity index (χ1v) is 7.41. The molecule has 0 radical (unpaired) electrons. The third-order valence-electron chi connectivity index (χ3n) is 2.65. The van der Waals surface area contributed by atoms with E-state index in [0.717, 1.165) is 6.42 Å². The number of benzene rings is 1. The van der Waals surface area contributed by atoms with Crippen LogP contribution < -0.4 is 15.4 Å². The molecule has 0 aromatic heterocycles. The van der Waals surface area contributed by atoms with E-state index in [4.69, 9.17) is 9.47 Å². The van der Waals surface area contributed by atoms with Gasteiger partial charge in [0.05, 0.1) is 12.6 Å². The summed E-state index contributed by atoms with van der Waals surface area (Å²) < 4.78 is 10.6. The fraction of sp³-hybridized carbons (Fsp3) is 0.500. The summed E-state index contributed by atoms with van der Waals surface area (Å²) in [6.45, 7) is 4.90. The molecule has 2 amide bonds. The summed E-state index contributed by atoms with van der Waals surface area (Å²) in [4.78, 5) is 23.0. The predicted octanol–water partition coefficient (Wildman–Crippen LogP) is 1.11. The Labute approximate surface area is 131 Å². The maximum atomic E-state index is 11.5. The molecule has 0 aliphatic carbocycles. The van der Waals surface area contributed by atoms with Gasteiger partial charge >= 0.3 is 0 Å². The third-order valence-corrected chi connectivity index (χ3v) is 2.65. The van der Waals surface area contributed by atoms with Crippen LogP contribution >= 0.6 is 0 Å². The second kappa shape index (κ2) is 10.6. The molecule has 6 heteroatoms. The molecule has 0 spiro atoms. The van der Waals surface area contributed by atoms with Crippen LogP contribution in [0.1, 0.15) is 20.3 Å². The molecule has 0 bridgehead atoms. The largest absolute Gasteiger partial charge is 0.484 e. The molecule has 22 heavy (non-hydrogen) atoms. The highest BCUT2D eigenvalue weighted by Crippen LogP contribution is 2.07. The molecule has 122 valence electrons. The Morgan fingerprint density at radius 1 is 1.09 bits per heavy atom. The summed E-state index contributed by atoms with van der Waals surface area (Å²) in [6, 6.07) is 9.04. The van der Waals surface area contributed by atoms with Gasteiger partial charge in [-0.05, 0) is 32.4 Å². The van der Waals surface area contributed by atoms with Crippen molar-refractivity contribution in [3.63, 3.8) is 0 Å². The summed E-state index contributed by atoms with van der Waals surface area (Å²) in [5.41, 5.74) is 0. The first kappa shape index (κ1) is 18.0. The zero-order valence-electron chi connectivity index (χ0n) is 13.1. The second-order valence-electron chi connectivity index (χ2n) is 5.00. The minimum Gasteiger partial charge on any atom is -0.484 e. The van der Waals surface area contributed by atoms with Crippen LogP contribution in [0, 0.1) is 0 Å². The molecule has 1 rings (SSSR count). The van der Waals surface area contributed by atoms with Gasteiger partial charge < -0.3 is 20.1 Å². The van der Waals surface area contributed by atoms with E-state index in [2.05, 4.69) is 10.6 Å². The van der Waals surface area contributed by atoms with Crippen LogP contribution in [0.4, 0.5) is 0 Å². The van der Waals surface area contributed by atoms with Crippen molar-refractivity contribution in [2.75, 3.05) is 26.3 Å². The normalized spacial score (nSPS) is 10.3. The van der Waals surface area contributed by atoms with Crippen LogP contribution in [0.25, 0.3) is 0 Å². The Morgan fingerprint density at radius 2 is 1.82 bits per heavy atom. The lowest BCUT2D eigenvalue weighted by molar-refractivity contribution is -0.127. The van der Waals surface area contributed by atoms with Crippen LogP contribution in [-0.4, -0.2) is 44.2 Å². The van der Waals surface area contributed by atoms with Crippen LogP contribution in [0.15, 0.2) is 30.3 Å². The standard InChI is InChI=1S/C16H24N2O4/c1-13(2)21-10-6-9-17-15(19)11-18-16(20)12-22-14-7-4-3-5-8-14/h3-5,7-8,13H,6,9-12H2,1-2H3,(H,17,19)(H,18,20). The quantitative estimate of drug-likeness (QED) is 0.635. The van der Waals surface area contributed by atoms with E-state index in [1.807, 2.05) is 32.0 Å². The molecule has 0 saturated heterocycles. The maximum absolute atomic E-state index is 11.5. The Hall–Kier alpha value is -2.08. The molecule has 0 unspecified atom stereocenters. The second-order valence-corrected chi connectivity index (χ2v) is 5.00. The SMILES string of the molecule is CC(C)OCCCNC(=O)CNC(=O)COc1ccccc1. The van der Waals surface area contributed by atoms with Crippen molar-refractivity contribution in [3.05, 3.63) is 30.3 Å². The molecular weight excluding hydrogens is 284 g/mol. The molecule has 0 heterocycles. The van der Waals surface area contributed by atoms with E-state index in [9.17, 15) is 9.59 Å². The van der Waals surface area contributed by atoms with E-state index in [1.165, 1.54) is 0 Å². The zero-order valence-corrected chi connectivity index (χ0v) is 13.1. The van der Waals surface area contributed by atoms with Crippen LogP contribution in [-0.2, 0) is 14.3 Å². The van der Waals surface area contributed by atoms with Crippen LogP contribution in [0.3, 0.4) is 0 Å². The minimum absolute atomic E-state index is 0.0536. The van der Waals surface area contributed by atoms with Crippen molar-refractivity contribution >= 4 is 11.8 Å². The fourth-order valence-electron chi connectivity index (χ4n) is 1.58. The Kier molecular flexibility index (Phi) is 8.67. The maximum Gasteiger partial charge on any atom is 0.258 e. The highest BCUT2D eigenvalue weighted by atomic mass is 16.5. The molecule has 1 aromatic rings. The topological polar surface area (TPSA) is 76.7 Å². The van der Waals surface area contributed by atoms with E-state index in [1.54, 1.807) is 12.1 Å². The summed E-state index contributed by atoms with van der Waals surface area (Å²) in [7, 11) is 0. The molecule has 2 N–H and O–H groups in total. The number of rotatable bonds is 10. The third kappa shape index (κ3) is 8.97. The number of nitrogens with one attached hydrogen (secondary N) is 2. The summed E-state index contributed by atoms with van der Waals surface area (Å²) in [5.74, 6) is 0.0620. The van der Waals surface area contributed by atoms with Crippen molar-refractivity contribution in [1.29, 1.82) is 0 Å². The van der Waals surface area contributed by atoms with Gasteiger partial charge in [0.1, 0.15) is 5.75 Å². The lowest BCUT2D eigenvalue weighted by atomic mass is 10.3. The van der Waals surface area contributed by atoms with Gasteiger partial charge in [-0.1, -0.05) is 18.2 Å².